The number of benzene rings is 1. The minimum absolute atomic E-state index is 0.188. The number of sulfonamides is 1. The number of hydrogen-bond donors (Lipinski definition) is 3. The molecule has 1 aromatic rings. The Kier molecular flexibility index (Phi) is 4.06. The topological polar surface area (TPSA) is 87.3 Å². The highest BCUT2D eigenvalue weighted by Crippen LogP contribution is 2.22. The molecule has 0 unspecified atom stereocenters. The standard InChI is InChI=1S/C12H17N3O3S/c1-19(17,18)15-7-6-14-12(16)10-3-2-9-4-5-13-11(9)8-10/h2-3,8,13,15H,4-7H2,1H3,(H,14,16). The lowest BCUT2D eigenvalue weighted by Crippen LogP contribution is -2.34. The van der Waals surface area contributed by atoms with Gasteiger partial charge in [0.2, 0.25) is 10.0 Å². The lowest BCUT2D eigenvalue weighted by molar-refractivity contribution is 0.0954. The molecule has 7 heteroatoms. The first-order valence-electron chi connectivity index (χ1n) is 6.05. The largest absolute Gasteiger partial charge is 0.384 e. The van der Waals surface area contributed by atoms with Crippen molar-refractivity contribution in [3.63, 3.8) is 0 Å². The van der Waals surface area contributed by atoms with E-state index in [1.54, 1.807) is 6.07 Å². The fourth-order valence-corrected chi connectivity index (χ4v) is 2.42. The molecule has 0 fully saturated rings. The summed E-state index contributed by atoms with van der Waals surface area (Å²) in [6.45, 7) is 1.35. The maximum Gasteiger partial charge on any atom is 0.251 e. The van der Waals surface area contributed by atoms with Crippen molar-refractivity contribution in [2.24, 2.45) is 0 Å². The second-order valence-electron chi connectivity index (χ2n) is 4.47. The highest BCUT2D eigenvalue weighted by atomic mass is 32.2. The quantitative estimate of drug-likeness (QED) is 0.660. The van der Waals surface area contributed by atoms with Crippen LogP contribution >= 0.6 is 0 Å². The van der Waals surface area contributed by atoms with E-state index in [1.807, 2.05) is 12.1 Å². The summed E-state index contributed by atoms with van der Waals surface area (Å²) in [5.74, 6) is -0.202. The van der Waals surface area contributed by atoms with E-state index in [9.17, 15) is 13.2 Å². The third-order valence-corrected chi connectivity index (χ3v) is 3.59. The number of nitrogens with one attached hydrogen (secondary N) is 3. The number of fused-ring (bicyclic) bond motifs is 1. The van der Waals surface area contributed by atoms with Crippen LogP contribution in [0.4, 0.5) is 5.69 Å². The van der Waals surface area contributed by atoms with Crippen LogP contribution in [0.2, 0.25) is 0 Å². The van der Waals surface area contributed by atoms with Gasteiger partial charge in [-0.15, -0.1) is 0 Å². The van der Waals surface area contributed by atoms with Crippen LogP contribution in [0.3, 0.4) is 0 Å². The van der Waals surface area contributed by atoms with Gasteiger partial charge in [-0.05, 0) is 24.1 Å². The zero-order valence-electron chi connectivity index (χ0n) is 10.7. The van der Waals surface area contributed by atoms with Crippen molar-refractivity contribution in [2.75, 3.05) is 31.2 Å². The van der Waals surface area contributed by atoms with Crippen molar-refractivity contribution < 1.29 is 13.2 Å². The van der Waals surface area contributed by atoms with Gasteiger partial charge in [-0.25, -0.2) is 13.1 Å². The van der Waals surface area contributed by atoms with E-state index in [4.69, 9.17) is 0 Å². The molecule has 104 valence electrons. The summed E-state index contributed by atoms with van der Waals surface area (Å²) in [6, 6.07) is 5.55. The van der Waals surface area contributed by atoms with Gasteiger partial charge in [0.1, 0.15) is 0 Å². The van der Waals surface area contributed by atoms with Crippen LogP contribution in [0.15, 0.2) is 18.2 Å². The van der Waals surface area contributed by atoms with Crippen LogP contribution in [0.1, 0.15) is 15.9 Å². The Bertz CT molecular complexity index is 584. The molecule has 0 radical (unpaired) electrons. The Morgan fingerprint density at radius 1 is 1.37 bits per heavy atom. The predicted molar refractivity (Wildman–Crippen MR) is 73.8 cm³/mol. The fourth-order valence-electron chi connectivity index (χ4n) is 1.95. The van der Waals surface area contributed by atoms with Gasteiger partial charge in [-0.2, -0.15) is 0 Å². The van der Waals surface area contributed by atoms with E-state index in [1.165, 1.54) is 5.56 Å². The zero-order valence-corrected chi connectivity index (χ0v) is 11.5. The summed E-state index contributed by atoms with van der Waals surface area (Å²) in [7, 11) is -3.21. The SMILES string of the molecule is CS(=O)(=O)NCCNC(=O)c1ccc2c(c1)NCC2. The van der Waals surface area contributed by atoms with Crippen molar-refractivity contribution >= 4 is 21.6 Å². The molecule has 0 saturated heterocycles. The maximum absolute atomic E-state index is 11.9. The normalized spacial score (nSPS) is 13.7. The molecule has 19 heavy (non-hydrogen) atoms. The molecular weight excluding hydrogens is 266 g/mol. The summed E-state index contributed by atoms with van der Waals surface area (Å²) in [5.41, 5.74) is 2.80. The van der Waals surface area contributed by atoms with Gasteiger partial charge in [0.15, 0.2) is 0 Å². The molecule has 1 heterocycles. The Hall–Kier alpha value is -1.60. The smallest absolute Gasteiger partial charge is 0.251 e. The maximum atomic E-state index is 11.9. The fraction of sp³-hybridized carbons (Fsp3) is 0.417. The van der Waals surface area contributed by atoms with Gasteiger partial charge in [-0.3, -0.25) is 4.79 Å². The van der Waals surface area contributed by atoms with Gasteiger partial charge in [-0.1, -0.05) is 6.07 Å². The summed E-state index contributed by atoms with van der Waals surface area (Å²) in [5, 5.41) is 5.88. The third-order valence-electron chi connectivity index (χ3n) is 2.86. The van der Waals surface area contributed by atoms with Gasteiger partial charge in [0, 0.05) is 30.9 Å². The summed E-state index contributed by atoms with van der Waals surface area (Å²) in [6.07, 6.45) is 2.07. The second-order valence-corrected chi connectivity index (χ2v) is 6.30. The van der Waals surface area contributed by atoms with Crippen LogP contribution in [-0.2, 0) is 16.4 Å². The number of rotatable bonds is 5. The summed E-state index contributed by atoms with van der Waals surface area (Å²) in [4.78, 5) is 11.9. The van der Waals surface area contributed by atoms with Crippen molar-refractivity contribution in [3.05, 3.63) is 29.3 Å². The molecule has 0 aliphatic carbocycles. The number of carbonyl (C=O) groups is 1. The summed E-state index contributed by atoms with van der Waals surface area (Å²) < 4.78 is 24.0. The first kappa shape index (κ1) is 13.8. The molecule has 0 atom stereocenters. The molecule has 0 bridgehead atoms. The Balaban J connectivity index is 1.87. The molecule has 0 aromatic heterocycles. The van der Waals surface area contributed by atoms with E-state index in [-0.39, 0.29) is 19.0 Å². The van der Waals surface area contributed by atoms with Crippen LogP contribution < -0.4 is 15.4 Å². The number of amides is 1. The van der Waals surface area contributed by atoms with E-state index in [0.717, 1.165) is 24.9 Å². The van der Waals surface area contributed by atoms with Crippen LogP contribution in [0.5, 0.6) is 0 Å². The molecule has 2 rings (SSSR count). The molecule has 1 aliphatic heterocycles. The van der Waals surface area contributed by atoms with Gasteiger partial charge in [0.25, 0.3) is 5.91 Å². The molecule has 0 saturated carbocycles. The minimum Gasteiger partial charge on any atom is -0.384 e. The molecule has 1 amide bonds. The second kappa shape index (κ2) is 5.58. The third kappa shape index (κ3) is 3.93. The van der Waals surface area contributed by atoms with E-state index in [0.29, 0.717) is 5.56 Å². The Labute approximate surface area is 112 Å². The number of hydrogen-bond acceptors (Lipinski definition) is 4. The van der Waals surface area contributed by atoms with Crippen LogP contribution in [0.25, 0.3) is 0 Å². The minimum atomic E-state index is -3.21. The highest BCUT2D eigenvalue weighted by Gasteiger charge is 2.13. The van der Waals surface area contributed by atoms with Crippen molar-refractivity contribution in [1.82, 2.24) is 10.0 Å². The van der Waals surface area contributed by atoms with Crippen molar-refractivity contribution in [1.29, 1.82) is 0 Å². The van der Waals surface area contributed by atoms with E-state index >= 15 is 0 Å². The van der Waals surface area contributed by atoms with Gasteiger partial charge >= 0.3 is 0 Å². The molecule has 1 aliphatic rings. The van der Waals surface area contributed by atoms with Gasteiger partial charge in [0.05, 0.1) is 6.26 Å². The molecule has 1 aromatic carbocycles. The molecule has 3 N–H and O–H groups in total. The first-order valence-corrected chi connectivity index (χ1v) is 7.94. The lowest BCUT2D eigenvalue weighted by atomic mass is 10.1. The number of anilines is 1. The lowest BCUT2D eigenvalue weighted by Gasteiger charge is -2.07. The molecule has 0 spiro atoms. The van der Waals surface area contributed by atoms with Crippen LogP contribution in [-0.4, -0.2) is 40.2 Å². The predicted octanol–water partition coefficient (Wildman–Crippen LogP) is -0.0664. The number of carbonyl (C=O) groups excluding carboxylic acids is 1. The van der Waals surface area contributed by atoms with E-state index < -0.39 is 10.0 Å². The van der Waals surface area contributed by atoms with E-state index in [2.05, 4.69) is 15.4 Å². The van der Waals surface area contributed by atoms with Gasteiger partial charge < -0.3 is 10.6 Å². The average Bonchev–Trinajstić information content (AvgIpc) is 2.80. The Morgan fingerprint density at radius 2 is 2.16 bits per heavy atom. The highest BCUT2D eigenvalue weighted by molar-refractivity contribution is 7.88. The van der Waals surface area contributed by atoms with Crippen molar-refractivity contribution in [3.8, 4) is 0 Å². The monoisotopic (exact) mass is 283 g/mol. The van der Waals surface area contributed by atoms with Crippen molar-refractivity contribution in [2.45, 2.75) is 6.42 Å². The molecule has 6 nitrogen and oxygen atoms in total. The zero-order chi connectivity index (χ0) is 13.9. The Morgan fingerprint density at radius 3 is 2.89 bits per heavy atom. The molecular formula is C12H17N3O3S. The average molecular weight is 283 g/mol. The van der Waals surface area contributed by atoms with Crippen LogP contribution in [0, 0.1) is 0 Å². The summed E-state index contributed by atoms with van der Waals surface area (Å²) >= 11 is 0. The first-order chi connectivity index (χ1) is 8.96.